The van der Waals surface area contributed by atoms with Crippen molar-refractivity contribution in [3.63, 3.8) is 0 Å². The summed E-state index contributed by atoms with van der Waals surface area (Å²) in [6.07, 6.45) is 0. The van der Waals surface area contributed by atoms with E-state index in [1.165, 1.54) is 6.92 Å². The fourth-order valence-corrected chi connectivity index (χ4v) is 1.29. The molecule has 0 unspecified atom stereocenters. The van der Waals surface area contributed by atoms with Crippen molar-refractivity contribution in [1.82, 2.24) is 0 Å². The van der Waals surface area contributed by atoms with Crippen molar-refractivity contribution in [1.29, 1.82) is 0 Å². The van der Waals surface area contributed by atoms with Gasteiger partial charge in [0.2, 0.25) is 0 Å². The highest BCUT2D eigenvalue weighted by Crippen LogP contribution is 2.68. The zero-order chi connectivity index (χ0) is 18.4. The van der Waals surface area contributed by atoms with Gasteiger partial charge in [0.1, 0.15) is 0 Å². The second-order valence-electron chi connectivity index (χ2n) is 4.34. The molecule has 130 valence electrons. The third-order valence-electron chi connectivity index (χ3n) is 2.76. The van der Waals surface area contributed by atoms with Crippen molar-refractivity contribution in [2.75, 3.05) is 6.61 Å². The monoisotopic (exact) mass is 348 g/mol. The van der Waals surface area contributed by atoms with E-state index in [2.05, 4.69) is 6.58 Å². The summed E-state index contributed by atoms with van der Waals surface area (Å²) in [5, 5.41) is 15.9. The summed E-state index contributed by atoms with van der Waals surface area (Å²) in [6, 6.07) is 0. The maximum absolute atomic E-state index is 12.9. The Kier molecular flexibility index (Phi) is 4.96. The van der Waals surface area contributed by atoms with Gasteiger partial charge in [-0.3, -0.25) is 0 Å². The lowest BCUT2D eigenvalue weighted by molar-refractivity contribution is -0.303. The molecule has 0 aliphatic heterocycles. The number of carboxylic acid groups (broad SMARTS) is 1. The predicted molar refractivity (Wildman–Crippen MR) is 53.2 cm³/mol. The molecule has 12 heteroatoms. The van der Waals surface area contributed by atoms with Gasteiger partial charge in [0.25, 0.3) is 5.67 Å². The highest BCUT2D eigenvalue weighted by Gasteiger charge is 3.00. The van der Waals surface area contributed by atoms with E-state index in [1.807, 2.05) is 0 Å². The normalized spacial score (nSPS) is 25.8. The van der Waals surface area contributed by atoms with Gasteiger partial charge >= 0.3 is 29.7 Å². The van der Waals surface area contributed by atoms with E-state index in [4.69, 9.17) is 10.2 Å². The molecule has 1 aliphatic carbocycles. The number of alkyl halides is 9. The van der Waals surface area contributed by atoms with Gasteiger partial charge in [0, 0.05) is 5.57 Å². The molecule has 0 aromatic heterocycles. The second-order valence-corrected chi connectivity index (χ2v) is 4.34. The van der Waals surface area contributed by atoms with Gasteiger partial charge in [-0.1, -0.05) is 6.58 Å². The van der Waals surface area contributed by atoms with Crippen molar-refractivity contribution >= 4 is 5.97 Å². The maximum atomic E-state index is 12.9. The number of aliphatic hydroxyl groups excluding tert-OH is 1. The van der Waals surface area contributed by atoms with Gasteiger partial charge in [-0.15, -0.1) is 0 Å². The summed E-state index contributed by atoms with van der Waals surface area (Å²) in [5.74, 6) is -26.9. The fourth-order valence-electron chi connectivity index (χ4n) is 1.29. The van der Waals surface area contributed by atoms with Crippen molar-refractivity contribution < 1.29 is 54.5 Å². The van der Waals surface area contributed by atoms with Gasteiger partial charge in [0.15, 0.2) is 0 Å². The van der Waals surface area contributed by atoms with Crippen LogP contribution in [0.15, 0.2) is 12.2 Å². The molecule has 2 N–H and O–H groups in total. The lowest BCUT2D eigenvalue weighted by Crippen LogP contribution is -2.57. The molecule has 0 amide bonds. The number of aliphatic carboxylic acids is 1. The second kappa shape index (κ2) is 5.32. The Morgan fingerprint density at radius 2 is 1.09 bits per heavy atom. The summed E-state index contributed by atoms with van der Waals surface area (Å²) in [4.78, 5) is 9.60. The first-order chi connectivity index (χ1) is 9.45. The molecule has 0 aromatic carbocycles. The predicted octanol–water partition coefficient (Wildman–Crippen LogP) is 2.89. The van der Waals surface area contributed by atoms with E-state index < -0.39 is 41.9 Å². The van der Waals surface area contributed by atoms with Crippen LogP contribution in [0.5, 0.6) is 0 Å². The van der Waals surface area contributed by atoms with Crippen LogP contribution in [0, 0.1) is 0 Å². The standard InChI is InChI=1S/C6H3F9O.C4H6O2/c7-2(1-16)3(8,9)5(12,13)6(14,15)4(2,10)11;1-3(2)4(5)6/h16H,1H2;1H2,2H3,(H,5,6). The summed E-state index contributed by atoms with van der Waals surface area (Å²) in [5.41, 5.74) is -5.54. The van der Waals surface area contributed by atoms with Crippen molar-refractivity contribution in [3.05, 3.63) is 12.2 Å². The molecule has 3 nitrogen and oxygen atoms in total. The van der Waals surface area contributed by atoms with E-state index in [0.717, 1.165) is 0 Å². The first-order valence-corrected chi connectivity index (χ1v) is 5.15. The van der Waals surface area contributed by atoms with E-state index in [-0.39, 0.29) is 5.57 Å². The van der Waals surface area contributed by atoms with Crippen LogP contribution in [0.1, 0.15) is 6.92 Å². The SMILES string of the molecule is C=C(C)C(=O)O.OCC1(F)C(F)(F)C(F)(F)C(F)(F)C1(F)F. The Morgan fingerprint density at radius 3 is 1.18 bits per heavy atom. The number of carbonyl (C=O) groups is 1. The van der Waals surface area contributed by atoms with Crippen LogP contribution in [0.4, 0.5) is 39.5 Å². The lowest BCUT2D eigenvalue weighted by Gasteiger charge is -2.28. The summed E-state index contributed by atoms with van der Waals surface area (Å²) in [7, 11) is 0. The number of hydrogen-bond donors (Lipinski definition) is 2. The first kappa shape index (κ1) is 20.5. The van der Waals surface area contributed by atoms with E-state index in [0.29, 0.717) is 0 Å². The van der Waals surface area contributed by atoms with E-state index >= 15 is 0 Å². The molecule has 0 aromatic rings. The smallest absolute Gasteiger partial charge is 0.382 e. The fraction of sp³-hybridized carbons (Fsp3) is 0.700. The Balaban J connectivity index is 0.000000626. The van der Waals surface area contributed by atoms with Gasteiger partial charge in [-0.25, -0.2) is 9.18 Å². The zero-order valence-electron chi connectivity index (χ0n) is 10.6. The van der Waals surface area contributed by atoms with Crippen LogP contribution >= 0.6 is 0 Å². The molecule has 0 saturated heterocycles. The minimum Gasteiger partial charge on any atom is -0.478 e. The summed E-state index contributed by atoms with van der Waals surface area (Å²) in [6.45, 7) is 1.74. The minimum absolute atomic E-state index is 0.176. The van der Waals surface area contributed by atoms with Gasteiger partial charge in [0.05, 0.1) is 6.61 Å². The molecule has 1 fully saturated rings. The molecule has 1 rings (SSSR count). The average Bonchev–Trinajstić information content (AvgIpc) is 2.40. The molecule has 1 saturated carbocycles. The maximum Gasteiger partial charge on any atom is 0.382 e. The lowest BCUT2D eigenvalue weighted by atomic mass is 9.98. The Morgan fingerprint density at radius 1 is 0.864 bits per heavy atom. The summed E-state index contributed by atoms with van der Waals surface area (Å²) < 4.78 is 112. The number of aliphatic hydroxyl groups is 1. The zero-order valence-corrected chi connectivity index (χ0v) is 10.6. The topological polar surface area (TPSA) is 57.5 Å². The molecule has 0 heterocycles. The van der Waals surface area contributed by atoms with Crippen LogP contribution in [-0.2, 0) is 4.79 Å². The quantitative estimate of drug-likeness (QED) is 0.596. The molecule has 0 radical (unpaired) electrons. The molecule has 0 spiro atoms. The summed E-state index contributed by atoms with van der Waals surface area (Å²) >= 11 is 0. The molecule has 1 aliphatic rings. The van der Waals surface area contributed by atoms with Crippen LogP contribution < -0.4 is 0 Å². The molecular weight excluding hydrogens is 339 g/mol. The van der Waals surface area contributed by atoms with Crippen LogP contribution in [0.3, 0.4) is 0 Å². The molecule has 22 heavy (non-hydrogen) atoms. The highest BCUT2D eigenvalue weighted by atomic mass is 19.4. The van der Waals surface area contributed by atoms with Crippen molar-refractivity contribution in [2.24, 2.45) is 0 Å². The van der Waals surface area contributed by atoms with Gasteiger partial charge in [-0.2, -0.15) is 35.1 Å². The van der Waals surface area contributed by atoms with E-state index in [1.54, 1.807) is 0 Å². The first-order valence-electron chi connectivity index (χ1n) is 5.15. The van der Waals surface area contributed by atoms with Crippen molar-refractivity contribution in [2.45, 2.75) is 36.3 Å². The molecule has 0 bridgehead atoms. The number of carboxylic acids is 1. The molecule has 0 atom stereocenters. The van der Waals surface area contributed by atoms with Crippen molar-refractivity contribution in [3.8, 4) is 0 Å². The Bertz CT molecular complexity index is 434. The molecular formula is C10H9F9O3. The number of hydrogen-bond acceptors (Lipinski definition) is 2. The van der Waals surface area contributed by atoms with Crippen LogP contribution in [0.25, 0.3) is 0 Å². The third kappa shape index (κ3) is 2.23. The van der Waals surface area contributed by atoms with Crippen LogP contribution in [0.2, 0.25) is 0 Å². The van der Waals surface area contributed by atoms with E-state index in [9.17, 15) is 44.3 Å². The third-order valence-corrected chi connectivity index (χ3v) is 2.76. The number of halogens is 9. The average molecular weight is 348 g/mol. The minimum atomic E-state index is -6.60. The number of rotatable bonds is 2. The largest absolute Gasteiger partial charge is 0.478 e. The highest BCUT2D eigenvalue weighted by molar-refractivity contribution is 5.84. The Labute approximate surface area is 117 Å². The van der Waals surface area contributed by atoms with Gasteiger partial charge < -0.3 is 10.2 Å². The van der Waals surface area contributed by atoms with Gasteiger partial charge in [-0.05, 0) is 6.92 Å². The van der Waals surface area contributed by atoms with Crippen LogP contribution in [-0.4, -0.2) is 52.1 Å². The Hall–Kier alpha value is -1.46.